The smallest absolute Gasteiger partial charge is 0.0663 e. The van der Waals surface area contributed by atoms with Crippen LogP contribution < -0.4 is 10.6 Å². The lowest BCUT2D eigenvalue weighted by Gasteiger charge is -2.30. The van der Waals surface area contributed by atoms with Crippen LogP contribution in [0.4, 0.5) is 5.69 Å². The highest BCUT2D eigenvalue weighted by atomic mass is 35.5. The normalized spacial score (nSPS) is 14.2. The van der Waals surface area contributed by atoms with Crippen molar-refractivity contribution < 1.29 is 4.74 Å². The molecule has 0 bridgehead atoms. The van der Waals surface area contributed by atoms with Crippen molar-refractivity contribution in [3.05, 3.63) is 28.8 Å². The third-order valence-electron chi connectivity index (χ3n) is 3.19. The second-order valence-electron chi connectivity index (χ2n) is 5.05. The predicted molar refractivity (Wildman–Crippen MR) is 83.2 cm³/mol. The van der Waals surface area contributed by atoms with Gasteiger partial charge < -0.3 is 15.4 Å². The molecule has 4 heteroatoms. The number of likely N-dealkylation sites (N-methyl/N-ethyl adjacent to an activating group) is 1. The second kappa shape index (κ2) is 7.73. The number of rotatable bonds is 7. The first-order chi connectivity index (χ1) is 8.99. The number of methoxy groups -OCH3 is 1. The van der Waals surface area contributed by atoms with Crippen LogP contribution in [0.25, 0.3) is 0 Å². The van der Waals surface area contributed by atoms with Crippen molar-refractivity contribution in [2.24, 2.45) is 5.73 Å². The van der Waals surface area contributed by atoms with E-state index in [0.717, 1.165) is 29.2 Å². The predicted octanol–water partition coefficient (Wildman–Crippen LogP) is 3.09. The summed E-state index contributed by atoms with van der Waals surface area (Å²) in [5, 5.41) is 0.790. The zero-order valence-electron chi connectivity index (χ0n) is 12.3. The lowest BCUT2D eigenvalue weighted by atomic mass is 10.1. The van der Waals surface area contributed by atoms with E-state index in [4.69, 9.17) is 22.1 Å². The molecule has 0 heterocycles. The van der Waals surface area contributed by atoms with Gasteiger partial charge in [0.15, 0.2) is 0 Å². The van der Waals surface area contributed by atoms with Crippen LogP contribution in [0.2, 0.25) is 5.02 Å². The maximum Gasteiger partial charge on any atom is 0.0663 e. The minimum absolute atomic E-state index is 0.123. The lowest BCUT2D eigenvalue weighted by Crippen LogP contribution is -2.36. The van der Waals surface area contributed by atoms with E-state index in [-0.39, 0.29) is 6.04 Å². The summed E-state index contributed by atoms with van der Waals surface area (Å²) in [7, 11) is 1.73. The summed E-state index contributed by atoms with van der Waals surface area (Å²) in [5.74, 6) is 0. The maximum absolute atomic E-state index is 6.34. The first-order valence-electron chi connectivity index (χ1n) is 6.79. The standard InChI is InChI=1S/C15H25ClN2O/c1-5-18(12(3)10-19-4)14-7-6-13(8-11(2)17)15(16)9-14/h6-7,9,11-12H,5,8,10,17H2,1-4H3. The molecule has 0 aromatic heterocycles. The topological polar surface area (TPSA) is 38.5 Å². The fourth-order valence-corrected chi connectivity index (χ4v) is 2.56. The van der Waals surface area contributed by atoms with Gasteiger partial charge in [-0.3, -0.25) is 0 Å². The molecule has 1 aromatic rings. The van der Waals surface area contributed by atoms with Crippen LogP contribution >= 0.6 is 11.6 Å². The van der Waals surface area contributed by atoms with E-state index in [9.17, 15) is 0 Å². The second-order valence-corrected chi connectivity index (χ2v) is 5.45. The van der Waals surface area contributed by atoms with Gasteiger partial charge in [-0.15, -0.1) is 0 Å². The Morgan fingerprint density at radius 3 is 2.53 bits per heavy atom. The van der Waals surface area contributed by atoms with Crippen molar-refractivity contribution in [3.63, 3.8) is 0 Å². The summed E-state index contributed by atoms with van der Waals surface area (Å²) in [4.78, 5) is 2.28. The van der Waals surface area contributed by atoms with E-state index in [1.807, 2.05) is 13.0 Å². The first-order valence-corrected chi connectivity index (χ1v) is 7.17. The minimum Gasteiger partial charge on any atom is -0.383 e. The van der Waals surface area contributed by atoms with Crippen molar-refractivity contribution in [1.29, 1.82) is 0 Å². The Bertz CT molecular complexity index is 396. The average molecular weight is 285 g/mol. The molecular formula is C15H25ClN2O. The van der Waals surface area contributed by atoms with Crippen molar-refractivity contribution in [1.82, 2.24) is 0 Å². The van der Waals surface area contributed by atoms with Crippen molar-refractivity contribution in [3.8, 4) is 0 Å². The van der Waals surface area contributed by atoms with Crippen LogP contribution in [0.1, 0.15) is 26.3 Å². The molecule has 0 radical (unpaired) electrons. The van der Waals surface area contributed by atoms with E-state index in [0.29, 0.717) is 12.6 Å². The fraction of sp³-hybridized carbons (Fsp3) is 0.600. The van der Waals surface area contributed by atoms with Crippen LogP contribution in [-0.2, 0) is 11.2 Å². The van der Waals surface area contributed by atoms with Crippen LogP contribution in [-0.4, -0.2) is 32.3 Å². The van der Waals surface area contributed by atoms with Gasteiger partial charge in [-0.2, -0.15) is 0 Å². The minimum atomic E-state index is 0.123. The summed E-state index contributed by atoms with van der Waals surface area (Å²) >= 11 is 6.34. The van der Waals surface area contributed by atoms with E-state index >= 15 is 0 Å². The SMILES string of the molecule is CCN(c1ccc(CC(C)N)c(Cl)c1)C(C)COC. The molecule has 0 fully saturated rings. The number of hydrogen-bond acceptors (Lipinski definition) is 3. The Morgan fingerprint density at radius 2 is 2.05 bits per heavy atom. The number of benzene rings is 1. The molecule has 1 aromatic carbocycles. The zero-order valence-corrected chi connectivity index (χ0v) is 13.1. The van der Waals surface area contributed by atoms with E-state index in [2.05, 4.69) is 30.9 Å². The molecule has 0 aliphatic heterocycles. The summed E-state index contributed by atoms with van der Waals surface area (Å²) < 4.78 is 5.22. The number of anilines is 1. The quantitative estimate of drug-likeness (QED) is 0.836. The largest absolute Gasteiger partial charge is 0.383 e. The van der Waals surface area contributed by atoms with Gasteiger partial charge in [0.1, 0.15) is 0 Å². The number of nitrogens with two attached hydrogens (primary N) is 1. The van der Waals surface area contributed by atoms with E-state index in [1.54, 1.807) is 7.11 Å². The Hall–Kier alpha value is -0.770. The lowest BCUT2D eigenvalue weighted by molar-refractivity contribution is 0.182. The highest BCUT2D eigenvalue weighted by molar-refractivity contribution is 6.31. The third kappa shape index (κ3) is 4.68. The summed E-state index contributed by atoms with van der Waals surface area (Å²) in [5.41, 5.74) is 8.06. The molecular weight excluding hydrogens is 260 g/mol. The first kappa shape index (κ1) is 16.3. The van der Waals surface area contributed by atoms with Crippen LogP contribution in [0.5, 0.6) is 0 Å². The van der Waals surface area contributed by atoms with Gasteiger partial charge >= 0.3 is 0 Å². The molecule has 0 amide bonds. The van der Waals surface area contributed by atoms with Gasteiger partial charge in [0.25, 0.3) is 0 Å². The summed E-state index contributed by atoms with van der Waals surface area (Å²) in [6, 6.07) is 6.65. The van der Waals surface area contributed by atoms with Crippen molar-refractivity contribution in [2.45, 2.75) is 39.3 Å². The molecule has 0 aliphatic carbocycles. The van der Waals surface area contributed by atoms with Gasteiger partial charge in [0, 0.05) is 36.4 Å². The highest BCUT2D eigenvalue weighted by Crippen LogP contribution is 2.25. The fourth-order valence-electron chi connectivity index (χ4n) is 2.31. The Morgan fingerprint density at radius 1 is 1.37 bits per heavy atom. The average Bonchev–Trinajstić information content (AvgIpc) is 2.33. The Balaban J connectivity index is 2.91. The van der Waals surface area contributed by atoms with Gasteiger partial charge in [-0.25, -0.2) is 0 Å². The Kier molecular flexibility index (Phi) is 6.63. The van der Waals surface area contributed by atoms with Crippen LogP contribution in [0.3, 0.4) is 0 Å². The van der Waals surface area contributed by atoms with Crippen molar-refractivity contribution in [2.75, 3.05) is 25.2 Å². The van der Waals surface area contributed by atoms with Gasteiger partial charge in [-0.1, -0.05) is 17.7 Å². The molecule has 108 valence electrons. The van der Waals surface area contributed by atoms with E-state index in [1.165, 1.54) is 0 Å². The molecule has 0 saturated carbocycles. The van der Waals surface area contributed by atoms with Gasteiger partial charge in [0.2, 0.25) is 0 Å². The van der Waals surface area contributed by atoms with Crippen molar-refractivity contribution >= 4 is 17.3 Å². The number of nitrogens with zero attached hydrogens (tertiary/aromatic N) is 1. The molecule has 0 spiro atoms. The summed E-state index contributed by atoms with van der Waals surface area (Å²) in [6.07, 6.45) is 0.804. The number of ether oxygens (including phenoxy) is 1. The van der Waals surface area contributed by atoms with Crippen LogP contribution in [0, 0.1) is 0 Å². The third-order valence-corrected chi connectivity index (χ3v) is 3.54. The molecule has 19 heavy (non-hydrogen) atoms. The van der Waals surface area contributed by atoms with Gasteiger partial charge in [0.05, 0.1) is 6.61 Å². The molecule has 2 unspecified atom stereocenters. The molecule has 0 saturated heterocycles. The molecule has 2 N–H and O–H groups in total. The molecule has 1 rings (SSSR count). The van der Waals surface area contributed by atoms with Crippen LogP contribution in [0.15, 0.2) is 18.2 Å². The number of halogens is 1. The monoisotopic (exact) mass is 284 g/mol. The molecule has 3 nitrogen and oxygen atoms in total. The zero-order chi connectivity index (χ0) is 14.4. The summed E-state index contributed by atoms with van der Waals surface area (Å²) in [6.45, 7) is 7.90. The van der Waals surface area contributed by atoms with Gasteiger partial charge in [-0.05, 0) is 44.9 Å². The molecule has 0 aliphatic rings. The Labute approximate surface area is 121 Å². The maximum atomic E-state index is 6.34. The number of hydrogen-bond donors (Lipinski definition) is 1. The molecule has 2 atom stereocenters. The highest BCUT2D eigenvalue weighted by Gasteiger charge is 2.14. The van der Waals surface area contributed by atoms with E-state index < -0.39 is 0 Å².